The number of hydrazone groups is 1. The minimum absolute atomic E-state index is 0.130. The van der Waals surface area contributed by atoms with Crippen molar-refractivity contribution in [3.05, 3.63) is 142 Å². The Labute approximate surface area is 242 Å². The van der Waals surface area contributed by atoms with Gasteiger partial charge in [-0.15, -0.1) is 0 Å². The van der Waals surface area contributed by atoms with Crippen LogP contribution in [-0.2, 0) is 32.8 Å². The maximum Gasteiger partial charge on any atom is 0.244 e. The molecule has 7 heteroatoms. The molecule has 4 aromatic rings. The molecule has 2 atom stereocenters. The predicted octanol–water partition coefficient (Wildman–Crippen LogP) is 5.23. The van der Waals surface area contributed by atoms with E-state index in [1.165, 1.54) is 4.90 Å². The van der Waals surface area contributed by atoms with Crippen LogP contribution in [0.3, 0.4) is 0 Å². The second-order valence-corrected chi connectivity index (χ2v) is 11.3. The van der Waals surface area contributed by atoms with Crippen LogP contribution in [0.2, 0.25) is 5.02 Å². The number of imide groups is 1. The Bertz CT molecular complexity index is 1670. The van der Waals surface area contributed by atoms with E-state index in [9.17, 15) is 14.4 Å². The Balaban J connectivity index is 1.31. The molecular formula is C34H26ClN3O3. The molecule has 4 aromatic carbocycles. The van der Waals surface area contributed by atoms with Gasteiger partial charge in [-0.25, -0.2) is 5.43 Å². The van der Waals surface area contributed by atoms with Gasteiger partial charge in [0.05, 0.1) is 30.2 Å². The van der Waals surface area contributed by atoms with Gasteiger partial charge in [0.25, 0.3) is 0 Å². The highest BCUT2D eigenvalue weighted by Crippen LogP contribution is 2.63. The van der Waals surface area contributed by atoms with Crippen LogP contribution >= 0.6 is 11.6 Å². The number of nitrogens with zero attached hydrogens (tertiary/aromatic N) is 2. The molecule has 1 heterocycles. The van der Waals surface area contributed by atoms with Crippen molar-refractivity contribution in [3.63, 3.8) is 0 Å². The minimum Gasteiger partial charge on any atom is -0.278 e. The van der Waals surface area contributed by atoms with Crippen molar-refractivity contribution in [3.8, 4) is 0 Å². The molecule has 4 aliphatic rings. The van der Waals surface area contributed by atoms with Crippen LogP contribution < -0.4 is 5.43 Å². The van der Waals surface area contributed by atoms with E-state index in [4.69, 9.17) is 11.6 Å². The topological polar surface area (TPSA) is 78.8 Å². The Morgan fingerprint density at radius 3 is 2.07 bits per heavy atom. The van der Waals surface area contributed by atoms with Gasteiger partial charge < -0.3 is 0 Å². The first-order valence-corrected chi connectivity index (χ1v) is 14.0. The summed E-state index contributed by atoms with van der Waals surface area (Å²) in [7, 11) is 0. The van der Waals surface area contributed by atoms with Crippen molar-refractivity contribution in [1.82, 2.24) is 10.3 Å². The third-order valence-electron chi connectivity index (χ3n) is 8.69. The number of likely N-dealkylation sites (tertiary alicyclic amines) is 1. The van der Waals surface area contributed by atoms with Crippen LogP contribution in [-0.4, -0.2) is 28.8 Å². The van der Waals surface area contributed by atoms with E-state index in [1.807, 2.05) is 78.9 Å². The van der Waals surface area contributed by atoms with Crippen LogP contribution in [0, 0.1) is 11.8 Å². The summed E-state index contributed by atoms with van der Waals surface area (Å²) in [5.74, 6) is -2.14. The molecule has 1 N–H and O–H groups in total. The van der Waals surface area contributed by atoms with E-state index in [-0.39, 0.29) is 36.6 Å². The lowest BCUT2D eigenvalue weighted by Gasteiger charge is -2.52. The van der Waals surface area contributed by atoms with Gasteiger partial charge in [-0.05, 0) is 45.5 Å². The molecule has 0 aromatic heterocycles. The standard InChI is InChI=1S/C34H26ClN3O3/c35-23-16-14-21(15-17-23)18-28(39)37-36-20-34-26-12-6-4-10-24(26)29(25-11-5-7-13-27(25)34)30-31(34)33(41)38(32(30)40)19-22-8-2-1-3-9-22/h1-17,20,29-31H,18-19H2,(H,37,39)/b36-20-/t29?,30-,31+,34?/m1/s1. The van der Waals surface area contributed by atoms with E-state index >= 15 is 0 Å². The Morgan fingerprint density at radius 2 is 1.41 bits per heavy atom. The molecule has 2 bridgehead atoms. The summed E-state index contributed by atoms with van der Waals surface area (Å²) in [4.78, 5) is 42.6. The largest absolute Gasteiger partial charge is 0.278 e. The molecule has 0 saturated carbocycles. The number of rotatable bonds is 6. The fourth-order valence-electron chi connectivity index (χ4n) is 7.06. The van der Waals surface area contributed by atoms with Gasteiger partial charge in [0.2, 0.25) is 17.7 Å². The monoisotopic (exact) mass is 559 g/mol. The second kappa shape index (κ2) is 9.82. The molecule has 41 heavy (non-hydrogen) atoms. The highest BCUT2D eigenvalue weighted by molar-refractivity contribution is 6.30. The average Bonchev–Trinajstić information content (AvgIpc) is 3.25. The quantitative estimate of drug-likeness (QED) is 0.200. The summed E-state index contributed by atoms with van der Waals surface area (Å²) in [6, 6.07) is 32.6. The van der Waals surface area contributed by atoms with Crippen molar-refractivity contribution in [2.75, 3.05) is 0 Å². The maximum atomic E-state index is 14.3. The molecular weight excluding hydrogens is 534 g/mol. The third kappa shape index (κ3) is 3.93. The summed E-state index contributed by atoms with van der Waals surface area (Å²) < 4.78 is 0. The molecule has 1 aliphatic heterocycles. The summed E-state index contributed by atoms with van der Waals surface area (Å²) in [6.45, 7) is 0.218. The number of carbonyl (C=O) groups excluding carboxylic acids is 3. The SMILES string of the molecule is O=C(Cc1ccc(Cl)cc1)N/N=C\C12c3ccccc3C(c3ccccc31)[C@H]1C(=O)N(Cc3ccccc3)C(=O)[C@H]12. The zero-order valence-electron chi connectivity index (χ0n) is 22.0. The number of hydrogen-bond donors (Lipinski definition) is 1. The van der Waals surface area contributed by atoms with Crippen molar-refractivity contribution in [1.29, 1.82) is 0 Å². The molecule has 1 saturated heterocycles. The summed E-state index contributed by atoms with van der Waals surface area (Å²) in [5, 5.41) is 5.07. The van der Waals surface area contributed by atoms with E-state index in [0.717, 1.165) is 33.4 Å². The number of carbonyl (C=O) groups is 3. The third-order valence-corrected chi connectivity index (χ3v) is 8.95. The summed E-state index contributed by atoms with van der Waals surface area (Å²) in [6.07, 6.45) is 1.82. The van der Waals surface area contributed by atoms with E-state index in [1.54, 1.807) is 30.5 Å². The van der Waals surface area contributed by atoms with Crippen LogP contribution in [0.5, 0.6) is 0 Å². The Morgan fingerprint density at radius 1 is 0.805 bits per heavy atom. The van der Waals surface area contributed by atoms with Crippen LogP contribution in [0.1, 0.15) is 39.3 Å². The normalized spacial score (nSPS) is 23.8. The molecule has 202 valence electrons. The first-order chi connectivity index (χ1) is 20.0. The highest BCUT2D eigenvalue weighted by atomic mass is 35.5. The maximum absolute atomic E-state index is 14.3. The van der Waals surface area contributed by atoms with E-state index in [0.29, 0.717) is 5.02 Å². The van der Waals surface area contributed by atoms with Gasteiger partial charge in [-0.2, -0.15) is 5.10 Å². The predicted molar refractivity (Wildman–Crippen MR) is 156 cm³/mol. The van der Waals surface area contributed by atoms with Gasteiger partial charge in [0.15, 0.2) is 0 Å². The molecule has 3 aliphatic carbocycles. The van der Waals surface area contributed by atoms with Crippen molar-refractivity contribution in [2.24, 2.45) is 16.9 Å². The number of nitrogens with one attached hydrogen (secondary N) is 1. The second-order valence-electron chi connectivity index (χ2n) is 10.9. The average molecular weight is 560 g/mol. The zero-order chi connectivity index (χ0) is 28.1. The van der Waals surface area contributed by atoms with Crippen LogP contribution in [0.4, 0.5) is 0 Å². The highest BCUT2D eigenvalue weighted by Gasteiger charge is 2.67. The van der Waals surface area contributed by atoms with E-state index < -0.39 is 17.3 Å². The molecule has 6 nitrogen and oxygen atoms in total. The van der Waals surface area contributed by atoms with Gasteiger partial charge in [-0.1, -0.05) is 103 Å². The molecule has 0 spiro atoms. The first kappa shape index (κ1) is 25.4. The Hall–Kier alpha value is -4.55. The number of amides is 3. The van der Waals surface area contributed by atoms with Gasteiger partial charge in [0, 0.05) is 17.2 Å². The van der Waals surface area contributed by atoms with Crippen LogP contribution in [0.15, 0.2) is 108 Å². The number of hydrogen-bond acceptors (Lipinski definition) is 4. The van der Waals surface area contributed by atoms with Crippen molar-refractivity contribution in [2.45, 2.75) is 24.3 Å². The molecule has 8 rings (SSSR count). The first-order valence-electron chi connectivity index (χ1n) is 13.6. The fourth-order valence-corrected chi connectivity index (χ4v) is 7.19. The number of halogens is 1. The minimum atomic E-state index is -1.02. The van der Waals surface area contributed by atoms with Gasteiger partial charge in [-0.3, -0.25) is 19.3 Å². The lowest BCUT2D eigenvalue weighted by molar-refractivity contribution is -0.140. The molecule has 3 amide bonds. The zero-order valence-corrected chi connectivity index (χ0v) is 22.8. The molecule has 0 radical (unpaired) electrons. The smallest absolute Gasteiger partial charge is 0.244 e. The van der Waals surface area contributed by atoms with Crippen LogP contribution in [0.25, 0.3) is 0 Å². The summed E-state index contributed by atoms with van der Waals surface area (Å²) >= 11 is 5.98. The van der Waals surface area contributed by atoms with Crippen molar-refractivity contribution < 1.29 is 14.4 Å². The molecule has 1 fully saturated rings. The lowest BCUT2D eigenvalue weighted by atomic mass is 9.47. The molecule has 0 unspecified atom stereocenters. The van der Waals surface area contributed by atoms with Gasteiger partial charge >= 0.3 is 0 Å². The number of benzene rings is 4. The lowest BCUT2D eigenvalue weighted by Crippen LogP contribution is -2.54. The Kier molecular flexibility index (Phi) is 6.09. The van der Waals surface area contributed by atoms with Crippen molar-refractivity contribution >= 4 is 35.5 Å². The van der Waals surface area contributed by atoms with E-state index in [2.05, 4.69) is 10.5 Å². The van der Waals surface area contributed by atoms with Gasteiger partial charge in [0.1, 0.15) is 0 Å². The fraction of sp³-hybridized carbons (Fsp3) is 0.176. The summed E-state index contributed by atoms with van der Waals surface area (Å²) in [5.41, 5.74) is 7.30.